The first-order valence-corrected chi connectivity index (χ1v) is 7.09. The first kappa shape index (κ1) is 14.6. The van der Waals surface area contributed by atoms with Crippen molar-refractivity contribution in [2.45, 2.75) is 44.2 Å². The molecule has 0 spiro atoms. The number of hydrogen-bond acceptors (Lipinski definition) is 5. The molecule has 0 fully saturated rings. The van der Waals surface area contributed by atoms with E-state index in [1.165, 1.54) is 24.9 Å². The monoisotopic (exact) mass is 275 g/mol. The Hall–Kier alpha value is -1.44. The molecule has 102 valence electrons. The van der Waals surface area contributed by atoms with Gasteiger partial charge in [-0.25, -0.2) is 18.1 Å². The average Bonchev–Trinajstić information content (AvgIpc) is 2.64. The molecule has 1 aromatic rings. The Bertz CT molecular complexity index is 545. The van der Waals surface area contributed by atoms with Crippen molar-refractivity contribution >= 4 is 15.8 Å². The van der Waals surface area contributed by atoms with Crippen LogP contribution in [-0.4, -0.2) is 39.0 Å². The van der Waals surface area contributed by atoms with Gasteiger partial charge in [0.05, 0.1) is 0 Å². The zero-order valence-corrected chi connectivity index (χ0v) is 11.6. The van der Waals surface area contributed by atoms with E-state index in [0.717, 1.165) is 0 Å². The molecule has 0 saturated heterocycles. The molecule has 0 unspecified atom stereocenters. The van der Waals surface area contributed by atoms with Crippen LogP contribution in [0, 0.1) is 0 Å². The molecular formula is C10H17N3O4S. The van der Waals surface area contributed by atoms with Crippen LogP contribution >= 0.6 is 0 Å². The van der Waals surface area contributed by atoms with E-state index < -0.39 is 26.3 Å². The van der Waals surface area contributed by atoms with Crippen molar-refractivity contribution in [3.8, 4) is 0 Å². The quantitative estimate of drug-likeness (QED) is 0.845. The van der Waals surface area contributed by atoms with Crippen LogP contribution in [0.4, 0.5) is 0 Å². The maximum absolute atomic E-state index is 12.1. The summed E-state index contributed by atoms with van der Waals surface area (Å²) >= 11 is 0. The predicted octanol–water partition coefficient (Wildman–Crippen LogP) is 0.637. The van der Waals surface area contributed by atoms with Crippen LogP contribution in [0.25, 0.3) is 0 Å². The molecule has 0 aliphatic carbocycles. The number of hydrogen-bond donors (Lipinski definition) is 1. The third-order valence-corrected chi connectivity index (χ3v) is 5.12. The van der Waals surface area contributed by atoms with E-state index in [2.05, 4.69) is 10.1 Å². The molecule has 0 bridgehead atoms. The molecule has 8 heteroatoms. The van der Waals surface area contributed by atoms with Crippen LogP contribution in [0.5, 0.6) is 0 Å². The van der Waals surface area contributed by atoms with Gasteiger partial charge >= 0.3 is 5.97 Å². The van der Waals surface area contributed by atoms with Crippen molar-refractivity contribution in [1.82, 2.24) is 14.8 Å². The van der Waals surface area contributed by atoms with Gasteiger partial charge in [0.25, 0.3) is 0 Å². The average molecular weight is 275 g/mol. The standard InChI is InChI=1S/C10H17N3O4S/c1-7(2)13-8(11-6-12-13)5-18(16,17)10(3,4)9(14)15/h6-7H,5H2,1-4H3,(H,14,15). The molecule has 1 N–H and O–H groups in total. The van der Waals surface area contributed by atoms with Gasteiger partial charge in [0.1, 0.15) is 17.9 Å². The topological polar surface area (TPSA) is 102 Å². The summed E-state index contributed by atoms with van der Waals surface area (Å²) in [4.78, 5) is 14.9. The number of rotatable bonds is 5. The summed E-state index contributed by atoms with van der Waals surface area (Å²) in [6, 6.07) is -0.0364. The lowest BCUT2D eigenvalue weighted by molar-refractivity contribution is -0.139. The third-order valence-electron chi connectivity index (χ3n) is 2.75. The normalized spacial score (nSPS) is 12.9. The Balaban J connectivity index is 3.11. The van der Waals surface area contributed by atoms with E-state index in [-0.39, 0.29) is 11.9 Å². The smallest absolute Gasteiger partial charge is 0.324 e. The Morgan fingerprint density at radius 3 is 2.50 bits per heavy atom. The highest BCUT2D eigenvalue weighted by atomic mass is 32.2. The van der Waals surface area contributed by atoms with Crippen LogP contribution in [-0.2, 0) is 20.4 Å². The molecule has 18 heavy (non-hydrogen) atoms. The molecule has 0 amide bonds. The molecule has 0 aliphatic rings. The lowest BCUT2D eigenvalue weighted by Crippen LogP contribution is -2.41. The van der Waals surface area contributed by atoms with Crippen molar-refractivity contribution < 1.29 is 18.3 Å². The van der Waals surface area contributed by atoms with Gasteiger partial charge in [-0.1, -0.05) is 0 Å². The molecule has 1 rings (SSSR count). The fourth-order valence-electron chi connectivity index (χ4n) is 1.29. The molecule has 1 aromatic heterocycles. The zero-order valence-electron chi connectivity index (χ0n) is 10.8. The number of carbonyl (C=O) groups is 1. The maximum atomic E-state index is 12.1. The molecule has 1 heterocycles. The number of sulfone groups is 1. The second kappa shape index (κ2) is 4.68. The summed E-state index contributed by atoms with van der Waals surface area (Å²) in [6.07, 6.45) is 1.26. The van der Waals surface area contributed by atoms with Crippen LogP contribution < -0.4 is 0 Å². The minimum Gasteiger partial charge on any atom is -0.480 e. The van der Waals surface area contributed by atoms with Gasteiger partial charge in [0, 0.05) is 6.04 Å². The SMILES string of the molecule is CC(C)n1ncnc1CS(=O)(=O)C(C)(C)C(=O)O. The number of nitrogens with zero attached hydrogens (tertiary/aromatic N) is 3. The summed E-state index contributed by atoms with van der Waals surface area (Å²) in [6.45, 7) is 6.02. The van der Waals surface area contributed by atoms with E-state index in [0.29, 0.717) is 0 Å². The first-order valence-electron chi connectivity index (χ1n) is 5.43. The van der Waals surface area contributed by atoms with Crippen molar-refractivity contribution in [2.24, 2.45) is 0 Å². The second-order valence-corrected chi connectivity index (χ2v) is 7.33. The Labute approximate surface area is 106 Å². The number of aliphatic carboxylic acids is 1. The van der Waals surface area contributed by atoms with Crippen LogP contribution in [0.3, 0.4) is 0 Å². The van der Waals surface area contributed by atoms with Crippen molar-refractivity contribution in [3.05, 3.63) is 12.2 Å². The highest BCUT2D eigenvalue weighted by Crippen LogP contribution is 2.21. The van der Waals surface area contributed by atoms with Gasteiger partial charge in [0.15, 0.2) is 14.6 Å². The summed E-state index contributed by atoms with van der Waals surface area (Å²) in [5.74, 6) is -1.57. The highest BCUT2D eigenvalue weighted by Gasteiger charge is 2.42. The van der Waals surface area contributed by atoms with E-state index in [4.69, 9.17) is 5.11 Å². The Morgan fingerprint density at radius 2 is 2.06 bits per heavy atom. The van der Waals surface area contributed by atoms with Gasteiger partial charge in [-0.3, -0.25) is 4.79 Å². The summed E-state index contributed by atoms with van der Waals surface area (Å²) in [5, 5.41) is 12.9. The first-order chi connectivity index (χ1) is 8.09. The van der Waals surface area contributed by atoms with Crippen LogP contribution in [0.2, 0.25) is 0 Å². The third kappa shape index (κ3) is 2.53. The fourth-order valence-corrected chi connectivity index (χ4v) is 2.47. The van der Waals surface area contributed by atoms with E-state index in [9.17, 15) is 13.2 Å². The minimum absolute atomic E-state index is 0.0364. The highest BCUT2D eigenvalue weighted by molar-refractivity contribution is 7.92. The number of carboxylic acids is 1. The number of carboxylic acid groups (broad SMARTS) is 1. The summed E-state index contributed by atoms with van der Waals surface area (Å²) in [5.41, 5.74) is 0. The molecule has 0 aromatic carbocycles. The fraction of sp³-hybridized carbons (Fsp3) is 0.700. The van der Waals surface area contributed by atoms with Crippen LogP contribution in [0.1, 0.15) is 39.6 Å². The minimum atomic E-state index is -3.86. The van der Waals surface area contributed by atoms with Gasteiger partial charge in [-0.15, -0.1) is 0 Å². The van der Waals surface area contributed by atoms with Crippen LogP contribution in [0.15, 0.2) is 6.33 Å². The maximum Gasteiger partial charge on any atom is 0.324 e. The van der Waals surface area contributed by atoms with Gasteiger partial charge < -0.3 is 5.11 Å². The molecule has 0 atom stereocenters. The van der Waals surface area contributed by atoms with Crippen molar-refractivity contribution in [3.63, 3.8) is 0 Å². The summed E-state index contributed by atoms with van der Waals surface area (Å²) in [7, 11) is -3.86. The molecular weight excluding hydrogens is 258 g/mol. The Kier molecular flexibility index (Phi) is 3.80. The Morgan fingerprint density at radius 1 is 1.50 bits per heavy atom. The van der Waals surface area contributed by atoms with E-state index in [1.54, 1.807) is 0 Å². The van der Waals surface area contributed by atoms with Gasteiger partial charge in [0.2, 0.25) is 0 Å². The predicted molar refractivity (Wildman–Crippen MR) is 64.7 cm³/mol. The lowest BCUT2D eigenvalue weighted by atomic mass is 10.2. The van der Waals surface area contributed by atoms with E-state index >= 15 is 0 Å². The molecule has 0 aliphatic heterocycles. The molecule has 0 saturated carbocycles. The van der Waals surface area contributed by atoms with Crippen molar-refractivity contribution in [2.75, 3.05) is 0 Å². The largest absolute Gasteiger partial charge is 0.480 e. The van der Waals surface area contributed by atoms with Gasteiger partial charge in [-0.05, 0) is 27.7 Å². The zero-order chi connectivity index (χ0) is 14.1. The molecule has 0 radical (unpaired) electrons. The number of aromatic nitrogens is 3. The lowest BCUT2D eigenvalue weighted by Gasteiger charge is -2.19. The second-order valence-electron chi connectivity index (χ2n) is 4.79. The van der Waals surface area contributed by atoms with Gasteiger partial charge in [-0.2, -0.15) is 5.10 Å². The summed E-state index contributed by atoms with van der Waals surface area (Å²) < 4.78 is 23.8. The van der Waals surface area contributed by atoms with Crippen molar-refractivity contribution in [1.29, 1.82) is 0 Å². The van der Waals surface area contributed by atoms with E-state index in [1.807, 2.05) is 13.8 Å². The molecule has 7 nitrogen and oxygen atoms in total.